The molecule has 1 aromatic rings. The summed E-state index contributed by atoms with van der Waals surface area (Å²) in [7, 11) is 2.14. The summed E-state index contributed by atoms with van der Waals surface area (Å²) in [6.45, 7) is 6.98. The highest BCUT2D eigenvalue weighted by atomic mass is 16.5. The van der Waals surface area contributed by atoms with Crippen LogP contribution in [0.3, 0.4) is 0 Å². The third kappa shape index (κ3) is 3.26. The Bertz CT molecular complexity index is 506. The summed E-state index contributed by atoms with van der Waals surface area (Å²) in [6, 6.07) is 2.09. The fourth-order valence-electron chi connectivity index (χ4n) is 2.68. The quantitative estimate of drug-likeness (QED) is 0.845. The molecule has 0 spiro atoms. The van der Waals surface area contributed by atoms with E-state index in [0.717, 1.165) is 26.1 Å². The van der Waals surface area contributed by atoms with E-state index in [1.165, 1.54) is 0 Å². The van der Waals surface area contributed by atoms with E-state index in [1.807, 2.05) is 0 Å². The van der Waals surface area contributed by atoms with E-state index in [2.05, 4.69) is 28.8 Å². The average molecular weight is 292 g/mol. The van der Waals surface area contributed by atoms with Gasteiger partial charge in [0.2, 0.25) is 0 Å². The number of anilines is 2. The zero-order valence-corrected chi connectivity index (χ0v) is 13.0. The third-order valence-electron chi connectivity index (χ3n) is 4.01. The first kappa shape index (κ1) is 15.6. The van der Waals surface area contributed by atoms with E-state index < -0.39 is 0 Å². The summed E-state index contributed by atoms with van der Waals surface area (Å²) in [5.74, 6) is 0.298. The molecule has 1 unspecified atom stereocenters. The fraction of sp³-hybridized carbons (Fsp3) is 0.600. The molecule has 0 radical (unpaired) electrons. The minimum absolute atomic E-state index is 0.336. The second kappa shape index (κ2) is 6.76. The largest absolute Gasteiger partial charge is 0.462 e. The molecule has 0 saturated carbocycles. The van der Waals surface area contributed by atoms with Crippen molar-refractivity contribution in [3.8, 4) is 0 Å². The number of carbonyl (C=O) groups is 1. The maximum atomic E-state index is 11.9. The number of piperazine rings is 1. The van der Waals surface area contributed by atoms with Crippen molar-refractivity contribution in [1.29, 1.82) is 0 Å². The van der Waals surface area contributed by atoms with E-state index in [1.54, 1.807) is 19.2 Å². The van der Waals surface area contributed by atoms with Crippen LogP contribution in [0.2, 0.25) is 0 Å². The molecule has 1 aromatic heterocycles. The van der Waals surface area contributed by atoms with Gasteiger partial charge in [0, 0.05) is 31.9 Å². The van der Waals surface area contributed by atoms with Gasteiger partial charge in [-0.25, -0.2) is 9.78 Å². The van der Waals surface area contributed by atoms with Gasteiger partial charge in [-0.2, -0.15) is 0 Å². The fourth-order valence-corrected chi connectivity index (χ4v) is 2.68. The molecule has 21 heavy (non-hydrogen) atoms. The van der Waals surface area contributed by atoms with Gasteiger partial charge in [-0.15, -0.1) is 0 Å². The smallest absolute Gasteiger partial charge is 0.340 e. The Labute approximate surface area is 125 Å². The summed E-state index contributed by atoms with van der Waals surface area (Å²) >= 11 is 0. The van der Waals surface area contributed by atoms with Crippen LogP contribution < -0.4 is 10.6 Å². The Morgan fingerprint density at radius 1 is 1.48 bits per heavy atom. The van der Waals surface area contributed by atoms with E-state index in [4.69, 9.17) is 10.5 Å². The number of hydrogen-bond acceptors (Lipinski definition) is 6. The van der Waals surface area contributed by atoms with Crippen LogP contribution in [0.1, 0.15) is 30.6 Å². The van der Waals surface area contributed by atoms with Gasteiger partial charge in [0.15, 0.2) is 5.82 Å². The van der Waals surface area contributed by atoms with Crippen molar-refractivity contribution in [3.05, 3.63) is 17.8 Å². The number of ether oxygens (including phenoxy) is 1. The number of nitrogens with zero attached hydrogens (tertiary/aromatic N) is 3. The number of carbonyl (C=O) groups excluding carboxylic acids is 1. The lowest BCUT2D eigenvalue weighted by molar-refractivity contribution is 0.0527. The summed E-state index contributed by atoms with van der Waals surface area (Å²) in [4.78, 5) is 20.8. The third-order valence-corrected chi connectivity index (χ3v) is 4.01. The van der Waals surface area contributed by atoms with Crippen LogP contribution in [0, 0.1) is 0 Å². The average Bonchev–Trinajstić information content (AvgIpc) is 2.48. The van der Waals surface area contributed by atoms with E-state index in [-0.39, 0.29) is 5.97 Å². The van der Waals surface area contributed by atoms with Crippen molar-refractivity contribution in [2.45, 2.75) is 26.3 Å². The summed E-state index contributed by atoms with van der Waals surface area (Å²) < 4.78 is 5.04. The molecular weight excluding hydrogens is 268 g/mol. The lowest BCUT2D eigenvalue weighted by atomic mass is 10.1. The number of nitrogens with two attached hydrogens (primary N) is 1. The number of esters is 1. The van der Waals surface area contributed by atoms with Crippen LogP contribution in [-0.4, -0.2) is 55.2 Å². The normalized spacial score (nSPS) is 19.6. The predicted molar refractivity (Wildman–Crippen MR) is 83.5 cm³/mol. The van der Waals surface area contributed by atoms with E-state index in [9.17, 15) is 4.79 Å². The van der Waals surface area contributed by atoms with Crippen LogP contribution in [0.4, 0.5) is 11.5 Å². The Morgan fingerprint density at radius 2 is 2.24 bits per heavy atom. The van der Waals surface area contributed by atoms with Gasteiger partial charge in [-0.3, -0.25) is 4.90 Å². The van der Waals surface area contributed by atoms with E-state index >= 15 is 0 Å². The van der Waals surface area contributed by atoms with Crippen LogP contribution in [0.5, 0.6) is 0 Å². The molecule has 2 N–H and O–H groups in total. The molecule has 1 saturated heterocycles. The zero-order valence-electron chi connectivity index (χ0n) is 13.0. The molecule has 2 rings (SSSR count). The molecule has 1 atom stereocenters. The number of aromatic nitrogens is 1. The van der Waals surface area contributed by atoms with Gasteiger partial charge >= 0.3 is 5.97 Å². The van der Waals surface area contributed by atoms with Crippen molar-refractivity contribution in [1.82, 2.24) is 9.88 Å². The monoisotopic (exact) mass is 292 g/mol. The van der Waals surface area contributed by atoms with Gasteiger partial charge in [-0.05, 0) is 26.5 Å². The molecule has 6 nitrogen and oxygen atoms in total. The van der Waals surface area contributed by atoms with Gasteiger partial charge in [0.05, 0.1) is 17.9 Å². The van der Waals surface area contributed by atoms with Crippen molar-refractivity contribution < 1.29 is 9.53 Å². The summed E-state index contributed by atoms with van der Waals surface area (Å²) in [6.07, 6.45) is 2.70. The van der Waals surface area contributed by atoms with Crippen LogP contribution in [0.25, 0.3) is 0 Å². The molecule has 0 bridgehead atoms. The van der Waals surface area contributed by atoms with Crippen molar-refractivity contribution in [2.24, 2.45) is 0 Å². The van der Waals surface area contributed by atoms with Crippen LogP contribution in [0.15, 0.2) is 12.3 Å². The Hall–Kier alpha value is -1.82. The minimum Gasteiger partial charge on any atom is -0.462 e. The molecule has 1 aliphatic heterocycles. The SMILES string of the molecule is CCOC(=O)c1ccnc(N2CCN(C)C(CC)C2)c1N. The molecule has 1 aliphatic rings. The maximum Gasteiger partial charge on any atom is 0.340 e. The molecule has 2 heterocycles. The Kier molecular flexibility index (Phi) is 5.01. The number of hydrogen-bond donors (Lipinski definition) is 1. The minimum atomic E-state index is -0.389. The Morgan fingerprint density at radius 3 is 2.90 bits per heavy atom. The molecular formula is C15H24N4O2. The highest BCUT2D eigenvalue weighted by Gasteiger charge is 2.26. The molecule has 6 heteroatoms. The van der Waals surface area contributed by atoms with Gasteiger partial charge < -0.3 is 15.4 Å². The first-order valence-corrected chi connectivity index (χ1v) is 7.45. The number of rotatable bonds is 4. The van der Waals surface area contributed by atoms with Gasteiger partial charge in [0.25, 0.3) is 0 Å². The summed E-state index contributed by atoms with van der Waals surface area (Å²) in [5.41, 5.74) is 6.96. The van der Waals surface area contributed by atoms with Gasteiger partial charge in [0.1, 0.15) is 0 Å². The van der Waals surface area contributed by atoms with Crippen LogP contribution >= 0.6 is 0 Å². The van der Waals surface area contributed by atoms with Crippen molar-refractivity contribution >= 4 is 17.5 Å². The van der Waals surface area contributed by atoms with Gasteiger partial charge in [-0.1, -0.05) is 6.92 Å². The number of likely N-dealkylation sites (N-methyl/N-ethyl adjacent to an activating group) is 1. The van der Waals surface area contributed by atoms with Crippen LogP contribution in [-0.2, 0) is 4.74 Å². The lowest BCUT2D eigenvalue weighted by Crippen LogP contribution is -2.51. The predicted octanol–water partition coefficient (Wildman–Crippen LogP) is 1.37. The molecule has 0 aliphatic carbocycles. The topological polar surface area (TPSA) is 71.7 Å². The molecule has 0 aromatic carbocycles. The second-order valence-corrected chi connectivity index (χ2v) is 5.30. The highest BCUT2D eigenvalue weighted by molar-refractivity contribution is 5.97. The standard InChI is InChI=1S/C15H24N4O2/c1-4-11-10-19(9-8-18(11)3)14-13(16)12(6-7-17-14)15(20)21-5-2/h6-7,11H,4-5,8-10,16H2,1-3H3. The lowest BCUT2D eigenvalue weighted by Gasteiger charge is -2.40. The molecule has 0 amide bonds. The first-order chi connectivity index (χ1) is 10.1. The second-order valence-electron chi connectivity index (χ2n) is 5.30. The highest BCUT2D eigenvalue weighted by Crippen LogP contribution is 2.27. The summed E-state index contributed by atoms with van der Waals surface area (Å²) in [5, 5.41) is 0. The number of pyridine rings is 1. The van der Waals surface area contributed by atoms with Crippen molar-refractivity contribution in [3.63, 3.8) is 0 Å². The Balaban J connectivity index is 2.24. The molecule has 1 fully saturated rings. The first-order valence-electron chi connectivity index (χ1n) is 7.45. The van der Waals surface area contributed by atoms with Crippen molar-refractivity contribution in [2.75, 3.05) is 43.9 Å². The zero-order chi connectivity index (χ0) is 15.4. The number of nitrogen functional groups attached to an aromatic ring is 1. The maximum absolute atomic E-state index is 11.9. The van der Waals surface area contributed by atoms with E-state index in [0.29, 0.717) is 29.7 Å². The molecule has 116 valence electrons.